The molecule has 3 fully saturated rings. The summed E-state index contributed by atoms with van der Waals surface area (Å²) in [5.74, 6) is -1.19. The summed E-state index contributed by atoms with van der Waals surface area (Å²) in [7, 11) is 0. The molecule has 8 heteroatoms. The fraction of sp³-hybridized carbons (Fsp3) is 0.679. The van der Waals surface area contributed by atoms with Crippen LogP contribution in [0.5, 0.6) is 0 Å². The Labute approximate surface area is 220 Å². The number of aliphatic hydroxyl groups is 2. The third kappa shape index (κ3) is 4.22. The van der Waals surface area contributed by atoms with Gasteiger partial charge in [0.1, 0.15) is 0 Å². The van der Waals surface area contributed by atoms with E-state index in [1.807, 2.05) is 31.7 Å². The molecule has 2 N–H and O–H groups in total. The molecule has 0 aliphatic heterocycles. The van der Waals surface area contributed by atoms with E-state index in [0.29, 0.717) is 25.1 Å². The fourth-order valence-corrected chi connectivity index (χ4v) is 7.72. The molecule has 0 saturated heterocycles. The number of nitrogens with zero attached hydrogens (tertiary/aromatic N) is 1. The van der Waals surface area contributed by atoms with E-state index < -0.39 is 40.9 Å². The second-order valence-electron chi connectivity index (χ2n) is 11.3. The number of rotatable bonds is 7. The van der Waals surface area contributed by atoms with Crippen molar-refractivity contribution in [2.75, 3.05) is 26.2 Å². The van der Waals surface area contributed by atoms with Gasteiger partial charge in [-0.25, -0.2) is 0 Å². The number of carbonyl (C=O) groups is 3. The lowest BCUT2D eigenvalue weighted by Crippen LogP contribution is -2.62. The average Bonchev–Trinajstić information content (AvgIpc) is 3.02. The van der Waals surface area contributed by atoms with Gasteiger partial charge in [0.2, 0.25) is 5.78 Å². The molecular formula is C28H40ClNO6. The van der Waals surface area contributed by atoms with Crippen molar-refractivity contribution in [2.24, 2.45) is 28.6 Å². The molecule has 0 aromatic rings. The van der Waals surface area contributed by atoms with Crippen LogP contribution in [0, 0.1) is 28.6 Å². The van der Waals surface area contributed by atoms with Gasteiger partial charge >= 0.3 is 5.97 Å². The zero-order valence-electron chi connectivity index (χ0n) is 21.8. The molecule has 0 aromatic carbocycles. The lowest BCUT2D eigenvalue weighted by molar-refractivity contribution is -0.176. The molecule has 0 heterocycles. The maximum Gasteiger partial charge on any atom is 0.320 e. The van der Waals surface area contributed by atoms with Crippen LogP contribution in [0.3, 0.4) is 0 Å². The minimum atomic E-state index is -1.87. The van der Waals surface area contributed by atoms with Crippen LogP contribution >= 0.6 is 12.4 Å². The minimum absolute atomic E-state index is 0. The number of allylic oxidation sites excluding steroid dienone is 4. The zero-order valence-corrected chi connectivity index (χ0v) is 22.6. The van der Waals surface area contributed by atoms with Gasteiger partial charge in [-0.05, 0) is 68.3 Å². The van der Waals surface area contributed by atoms with Gasteiger partial charge < -0.3 is 14.9 Å². The molecule has 7 unspecified atom stereocenters. The number of carbonyl (C=O) groups excluding carboxylic acids is 3. The van der Waals surface area contributed by atoms with Crippen molar-refractivity contribution in [1.82, 2.24) is 4.90 Å². The number of ketones is 2. The van der Waals surface area contributed by atoms with Crippen LogP contribution in [0.4, 0.5) is 0 Å². The topological polar surface area (TPSA) is 104 Å². The Kier molecular flexibility index (Phi) is 8.12. The Hall–Kier alpha value is -1.80. The molecule has 200 valence electrons. The summed E-state index contributed by atoms with van der Waals surface area (Å²) in [5.41, 5.74) is -1.72. The highest BCUT2D eigenvalue weighted by Gasteiger charge is 2.69. The van der Waals surface area contributed by atoms with Gasteiger partial charge in [0.25, 0.3) is 0 Å². The zero-order chi connectivity index (χ0) is 25.8. The van der Waals surface area contributed by atoms with Gasteiger partial charge in [-0.3, -0.25) is 19.3 Å². The molecule has 4 aliphatic carbocycles. The second kappa shape index (κ2) is 10.2. The number of esters is 1. The highest BCUT2D eigenvalue weighted by atomic mass is 35.5. The fourth-order valence-electron chi connectivity index (χ4n) is 7.72. The molecule has 7 atom stereocenters. The molecule has 36 heavy (non-hydrogen) atoms. The predicted molar refractivity (Wildman–Crippen MR) is 138 cm³/mol. The summed E-state index contributed by atoms with van der Waals surface area (Å²) in [6, 6.07) is 0. The van der Waals surface area contributed by atoms with Gasteiger partial charge in [0, 0.05) is 16.7 Å². The van der Waals surface area contributed by atoms with Crippen LogP contribution in [0.25, 0.3) is 0 Å². The van der Waals surface area contributed by atoms with Crippen molar-refractivity contribution in [3.8, 4) is 0 Å². The Morgan fingerprint density at radius 3 is 2.56 bits per heavy atom. The number of halogens is 1. The smallest absolute Gasteiger partial charge is 0.320 e. The largest absolute Gasteiger partial charge is 0.457 e. The van der Waals surface area contributed by atoms with Crippen molar-refractivity contribution < 1.29 is 29.3 Å². The predicted octanol–water partition coefficient (Wildman–Crippen LogP) is 3.04. The maximum atomic E-state index is 13.4. The Morgan fingerprint density at radius 2 is 1.92 bits per heavy atom. The van der Waals surface area contributed by atoms with Crippen molar-refractivity contribution in [2.45, 2.75) is 65.1 Å². The SMILES string of the molecule is C=C1CC2C3CCC4=CC(=O)C=CC4(C)C3C(O)CC2(C)C1(O)C(=O)COC(=O)CN(CC)CC.Cl. The van der Waals surface area contributed by atoms with Crippen LogP contribution in [-0.4, -0.2) is 70.6 Å². The molecule has 4 aliphatic rings. The first-order valence-corrected chi connectivity index (χ1v) is 12.9. The van der Waals surface area contributed by atoms with Gasteiger partial charge in [-0.1, -0.05) is 45.9 Å². The first-order chi connectivity index (χ1) is 16.4. The molecule has 0 aromatic heterocycles. The molecule has 3 saturated carbocycles. The average molecular weight is 522 g/mol. The molecule has 7 nitrogen and oxygen atoms in total. The summed E-state index contributed by atoms with van der Waals surface area (Å²) in [4.78, 5) is 39.6. The van der Waals surface area contributed by atoms with Crippen LogP contribution < -0.4 is 0 Å². The molecule has 0 bridgehead atoms. The summed E-state index contributed by atoms with van der Waals surface area (Å²) in [6.07, 6.45) is 6.71. The van der Waals surface area contributed by atoms with Crippen LogP contribution in [0.15, 0.2) is 36.0 Å². The van der Waals surface area contributed by atoms with E-state index in [1.54, 1.807) is 12.2 Å². The summed E-state index contributed by atoms with van der Waals surface area (Å²) >= 11 is 0. The van der Waals surface area contributed by atoms with E-state index in [2.05, 4.69) is 13.5 Å². The van der Waals surface area contributed by atoms with Gasteiger partial charge in [0.05, 0.1) is 12.6 Å². The monoisotopic (exact) mass is 521 g/mol. The summed E-state index contributed by atoms with van der Waals surface area (Å²) in [5, 5.41) is 23.3. The summed E-state index contributed by atoms with van der Waals surface area (Å²) in [6.45, 7) is 12.9. The Balaban J connectivity index is 0.00000361. The van der Waals surface area contributed by atoms with Gasteiger partial charge in [-0.15, -0.1) is 12.4 Å². The number of aliphatic hydroxyl groups excluding tert-OH is 1. The highest BCUT2D eigenvalue weighted by Crippen LogP contribution is 2.68. The van der Waals surface area contributed by atoms with Gasteiger partial charge in [0.15, 0.2) is 18.0 Å². The first-order valence-electron chi connectivity index (χ1n) is 12.9. The molecule has 4 rings (SSSR count). The van der Waals surface area contributed by atoms with Crippen LogP contribution in [0.2, 0.25) is 0 Å². The normalized spacial score (nSPS) is 39.0. The first kappa shape index (κ1) is 28.8. The quantitative estimate of drug-likeness (QED) is 0.392. The van der Waals surface area contributed by atoms with Crippen molar-refractivity contribution >= 4 is 29.9 Å². The van der Waals surface area contributed by atoms with Crippen molar-refractivity contribution in [3.63, 3.8) is 0 Å². The molecular weight excluding hydrogens is 482 g/mol. The number of hydrogen-bond donors (Lipinski definition) is 2. The van der Waals surface area contributed by atoms with E-state index in [1.165, 1.54) is 0 Å². The summed E-state index contributed by atoms with van der Waals surface area (Å²) < 4.78 is 5.28. The standard InChI is InChI=1S/C28H39NO6.ClH/c1-6-29(7-2)15-24(33)35-16-23(32)28(34)17(3)12-21-20-9-8-18-13-19(30)10-11-26(18,4)25(20)22(31)14-27(21,28)5;/h10-11,13,20-22,25,31,34H,3,6-9,12,14-16H2,1-2,4-5H3;1H. The minimum Gasteiger partial charge on any atom is -0.457 e. The van der Waals surface area contributed by atoms with Crippen molar-refractivity contribution in [3.05, 3.63) is 36.0 Å². The van der Waals surface area contributed by atoms with Crippen LogP contribution in [-0.2, 0) is 19.1 Å². The second-order valence-corrected chi connectivity index (χ2v) is 11.3. The Morgan fingerprint density at radius 1 is 1.25 bits per heavy atom. The number of ether oxygens (including phenoxy) is 1. The number of Topliss-reactive ketones (excluding diaryl/α,β-unsaturated/α-hetero) is 1. The lowest BCUT2D eigenvalue weighted by Gasteiger charge is -2.59. The highest BCUT2D eigenvalue weighted by molar-refractivity contribution is 6.01. The van der Waals surface area contributed by atoms with Gasteiger partial charge in [-0.2, -0.15) is 0 Å². The molecule has 0 radical (unpaired) electrons. The number of likely N-dealkylation sites (N-methyl/N-ethyl adjacent to an activating group) is 1. The van der Waals surface area contributed by atoms with E-state index >= 15 is 0 Å². The maximum absolute atomic E-state index is 13.4. The van der Waals surface area contributed by atoms with E-state index in [9.17, 15) is 24.6 Å². The Bertz CT molecular complexity index is 1000. The lowest BCUT2D eigenvalue weighted by atomic mass is 9.46. The number of fused-ring (bicyclic) bond motifs is 5. The molecule has 0 spiro atoms. The third-order valence-electron chi connectivity index (χ3n) is 9.71. The molecule has 0 amide bonds. The number of hydrogen-bond acceptors (Lipinski definition) is 7. The van der Waals surface area contributed by atoms with E-state index in [-0.39, 0.29) is 48.9 Å². The third-order valence-corrected chi connectivity index (χ3v) is 9.71. The van der Waals surface area contributed by atoms with Crippen molar-refractivity contribution in [1.29, 1.82) is 0 Å². The van der Waals surface area contributed by atoms with Crippen LogP contribution in [0.1, 0.15) is 53.4 Å². The van der Waals surface area contributed by atoms with E-state index in [4.69, 9.17) is 4.74 Å². The van der Waals surface area contributed by atoms with E-state index in [0.717, 1.165) is 18.4 Å².